The molecular formula is C17H20FNO2. The molecule has 0 bridgehead atoms. The lowest BCUT2D eigenvalue weighted by molar-refractivity contribution is 0.387. The maximum absolute atomic E-state index is 13.1. The number of hydrogen-bond donors (Lipinski definition) is 1. The lowest BCUT2D eigenvalue weighted by atomic mass is 9.97. The van der Waals surface area contributed by atoms with E-state index in [2.05, 4.69) is 5.32 Å². The highest BCUT2D eigenvalue weighted by Crippen LogP contribution is 2.33. The van der Waals surface area contributed by atoms with Crippen molar-refractivity contribution in [2.75, 3.05) is 20.8 Å². The topological polar surface area (TPSA) is 30.5 Å². The summed E-state index contributed by atoms with van der Waals surface area (Å²) in [6, 6.07) is 12.2. The number of nitrogens with one attached hydrogen (secondary N) is 1. The van der Waals surface area contributed by atoms with Gasteiger partial charge in [-0.15, -0.1) is 0 Å². The lowest BCUT2D eigenvalue weighted by Crippen LogP contribution is -2.22. The van der Waals surface area contributed by atoms with E-state index in [1.54, 1.807) is 26.4 Å². The van der Waals surface area contributed by atoms with Gasteiger partial charge in [-0.2, -0.15) is 0 Å². The van der Waals surface area contributed by atoms with Gasteiger partial charge in [0.15, 0.2) is 0 Å². The second-order valence-corrected chi connectivity index (χ2v) is 4.65. The maximum atomic E-state index is 13.1. The highest BCUT2D eigenvalue weighted by molar-refractivity contribution is 5.46. The van der Waals surface area contributed by atoms with Crippen LogP contribution in [-0.2, 0) is 0 Å². The zero-order chi connectivity index (χ0) is 15.2. The van der Waals surface area contributed by atoms with Gasteiger partial charge in [0.2, 0.25) is 0 Å². The molecule has 0 aliphatic carbocycles. The van der Waals surface area contributed by atoms with Crippen LogP contribution in [0.25, 0.3) is 0 Å². The summed E-state index contributed by atoms with van der Waals surface area (Å²) in [4.78, 5) is 0. The van der Waals surface area contributed by atoms with Crippen molar-refractivity contribution in [2.45, 2.75) is 13.0 Å². The van der Waals surface area contributed by atoms with Crippen LogP contribution in [-0.4, -0.2) is 20.8 Å². The van der Waals surface area contributed by atoms with E-state index in [1.807, 2.05) is 25.1 Å². The molecule has 2 rings (SSSR count). The van der Waals surface area contributed by atoms with Crippen LogP contribution in [0.15, 0.2) is 42.5 Å². The van der Waals surface area contributed by atoms with Crippen LogP contribution < -0.4 is 14.8 Å². The smallest absolute Gasteiger partial charge is 0.127 e. The molecule has 1 unspecified atom stereocenters. The minimum atomic E-state index is -0.240. The van der Waals surface area contributed by atoms with Gasteiger partial charge in [-0.1, -0.05) is 19.1 Å². The van der Waals surface area contributed by atoms with E-state index in [4.69, 9.17) is 9.47 Å². The highest BCUT2D eigenvalue weighted by atomic mass is 19.1. The monoisotopic (exact) mass is 289 g/mol. The fourth-order valence-corrected chi connectivity index (χ4v) is 2.32. The van der Waals surface area contributed by atoms with E-state index in [9.17, 15) is 4.39 Å². The maximum Gasteiger partial charge on any atom is 0.127 e. The van der Waals surface area contributed by atoms with E-state index in [1.165, 1.54) is 12.1 Å². The number of benzene rings is 2. The predicted octanol–water partition coefficient (Wildman–Crippen LogP) is 3.54. The molecule has 0 amide bonds. The Morgan fingerprint density at radius 1 is 1.05 bits per heavy atom. The van der Waals surface area contributed by atoms with Crippen LogP contribution in [0.2, 0.25) is 0 Å². The SMILES string of the molecule is CCNC(c1ccc(F)cc1)c1ccc(OC)cc1OC. The van der Waals surface area contributed by atoms with Crippen molar-refractivity contribution in [2.24, 2.45) is 0 Å². The molecule has 0 fully saturated rings. The number of rotatable bonds is 6. The number of methoxy groups -OCH3 is 2. The Hall–Kier alpha value is -2.07. The Balaban J connectivity index is 2.44. The zero-order valence-corrected chi connectivity index (χ0v) is 12.5. The van der Waals surface area contributed by atoms with Gasteiger partial charge in [0.1, 0.15) is 17.3 Å². The molecule has 0 spiro atoms. The molecule has 0 aliphatic rings. The van der Waals surface area contributed by atoms with E-state index < -0.39 is 0 Å². The van der Waals surface area contributed by atoms with Crippen LogP contribution in [0.4, 0.5) is 4.39 Å². The Morgan fingerprint density at radius 2 is 1.76 bits per heavy atom. The first kappa shape index (κ1) is 15.3. The zero-order valence-electron chi connectivity index (χ0n) is 12.5. The van der Waals surface area contributed by atoms with E-state index in [0.717, 1.165) is 29.2 Å². The van der Waals surface area contributed by atoms with Crippen LogP contribution >= 0.6 is 0 Å². The molecular weight excluding hydrogens is 269 g/mol. The van der Waals surface area contributed by atoms with Gasteiger partial charge in [0, 0.05) is 11.6 Å². The van der Waals surface area contributed by atoms with Gasteiger partial charge >= 0.3 is 0 Å². The molecule has 2 aromatic carbocycles. The fraction of sp³-hybridized carbons (Fsp3) is 0.294. The Kier molecular flexibility index (Phi) is 5.17. The highest BCUT2D eigenvalue weighted by Gasteiger charge is 2.18. The fourth-order valence-electron chi connectivity index (χ4n) is 2.32. The molecule has 0 aliphatic heterocycles. The predicted molar refractivity (Wildman–Crippen MR) is 81.5 cm³/mol. The largest absolute Gasteiger partial charge is 0.497 e. The van der Waals surface area contributed by atoms with Gasteiger partial charge in [-0.05, 0) is 36.4 Å². The van der Waals surface area contributed by atoms with Gasteiger partial charge in [0.25, 0.3) is 0 Å². The molecule has 112 valence electrons. The standard InChI is InChI=1S/C17H20FNO2/c1-4-19-17(12-5-7-13(18)8-6-12)15-10-9-14(20-2)11-16(15)21-3/h5-11,17,19H,4H2,1-3H3. The van der Waals surface area contributed by atoms with Crippen molar-refractivity contribution in [1.29, 1.82) is 0 Å². The van der Waals surface area contributed by atoms with Gasteiger partial charge in [-0.25, -0.2) is 4.39 Å². The average Bonchev–Trinajstić information content (AvgIpc) is 2.53. The molecule has 0 heterocycles. The van der Waals surface area contributed by atoms with E-state index in [-0.39, 0.29) is 11.9 Å². The second-order valence-electron chi connectivity index (χ2n) is 4.65. The Labute approximate surface area is 124 Å². The summed E-state index contributed by atoms with van der Waals surface area (Å²) >= 11 is 0. The Morgan fingerprint density at radius 3 is 2.33 bits per heavy atom. The third kappa shape index (κ3) is 3.52. The van der Waals surface area contributed by atoms with Crippen LogP contribution in [0.5, 0.6) is 11.5 Å². The molecule has 3 nitrogen and oxygen atoms in total. The van der Waals surface area contributed by atoms with Crippen LogP contribution in [0, 0.1) is 5.82 Å². The summed E-state index contributed by atoms with van der Waals surface area (Å²) in [5.74, 6) is 1.24. The van der Waals surface area contributed by atoms with E-state index >= 15 is 0 Å². The number of hydrogen-bond acceptors (Lipinski definition) is 3. The molecule has 2 aromatic rings. The summed E-state index contributed by atoms with van der Waals surface area (Å²) in [6.45, 7) is 2.82. The lowest BCUT2D eigenvalue weighted by Gasteiger charge is -2.21. The molecule has 1 N–H and O–H groups in total. The summed E-state index contributed by atoms with van der Waals surface area (Å²) in [5.41, 5.74) is 1.98. The normalized spacial score (nSPS) is 12.0. The molecule has 0 aromatic heterocycles. The van der Waals surface area contributed by atoms with Crippen molar-refractivity contribution in [1.82, 2.24) is 5.32 Å². The van der Waals surface area contributed by atoms with Crippen molar-refractivity contribution in [3.63, 3.8) is 0 Å². The van der Waals surface area contributed by atoms with Gasteiger partial charge in [-0.3, -0.25) is 0 Å². The molecule has 4 heteroatoms. The quantitative estimate of drug-likeness (QED) is 0.882. The average molecular weight is 289 g/mol. The second kappa shape index (κ2) is 7.09. The van der Waals surface area contributed by atoms with Crippen molar-refractivity contribution in [3.8, 4) is 11.5 Å². The first-order valence-electron chi connectivity index (χ1n) is 6.90. The van der Waals surface area contributed by atoms with Crippen molar-refractivity contribution >= 4 is 0 Å². The Bertz CT molecular complexity index is 584. The number of halogens is 1. The summed E-state index contributed by atoms with van der Waals surface area (Å²) < 4.78 is 23.8. The summed E-state index contributed by atoms with van der Waals surface area (Å²) in [7, 11) is 3.25. The third-order valence-corrected chi connectivity index (χ3v) is 3.36. The molecule has 0 saturated heterocycles. The van der Waals surface area contributed by atoms with Gasteiger partial charge in [0.05, 0.1) is 20.3 Å². The molecule has 0 radical (unpaired) electrons. The van der Waals surface area contributed by atoms with E-state index in [0.29, 0.717) is 0 Å². The minimum Gasteiger partial charge on any atom is -0.497 e. The van der Waals surface area contributed by atoms with Crippen LogP contribution in [0.1, 0.15) is 24.1 Å². The molecule has 0 saturated carbocycles. The first-order valence-corrected chi connectivity index (χ1v) is 6.90. The van der Waals surface area contributed by atoms with Crippen molar-refractivity contribution in [3.05, 3.63) is 59.4 Å². The van der Waals surface area contributed by atoms with Crippen LogP contribution in [0.3, 0.4) is 0 Å². The summed E-state index contributed by atoms with van der Waals surface area (Å²) in [6.07, 6.45) is 0. The first-order chi connectivity index (χ1) is 10.2. The number of ether oxygens (including phenoxy) is 2. The molecule has 21 heavy (non-hydrogen) atoms. The third-order valence-electron chi connectivity index (χ3n) is 3.36. The minimum absolute atomic E-state index is 0.0588. The van der Waals surface area contributed by atoms with Gasteiger partial charge < -0.3 is 14.8 Å². The molecule has 1 atom stereocenters. The summed E-state index contributed by atoms with van der Waals surface area (Å²) in [5, 5.41) is 3.40. The van der Waals surface area contributed by atoms with Crippen molar-refractivity contribution < 1.29 is 13.9 Å².